The fourth-order valence-corrected chi connectivity index (χ4v) is 3.55. The molecule has 1 aromatic heterocycles. The van der Waals surface area contributed by atoms with Crippen LogP contribution in [0.15, 0.2) is 54.7 Å². The Hall–Kier alpha value is -3.08. The van der Waals surface area contributed by atoms with Crippen molar-refractivity contribution in [1.82, 2.24) is 9.88 Å². The lowest BCUT2D eigenvalue weighted by molar-refractivity contribution is -0.151. The molecule has 25 heavy (non-hydrogen) atoms. The second-order valence-corrected chi connectivity index (χ2v) is 6.38. The molecular formula is C20H18N2O3. The number of amides is 1. The van der Waals surface area contributed by atoms with Crippen molar-refractivity contribution < 1.29 is 14.7 Å². The van der Waals surface area contributed by atoms with Crippen LogP contribution >= 0.6 is 0 Å². The molecule has 0 spiro atoms. The number of hydrogen-bond acceptors (Lipinski definition) is 2. The van der Waals surface area contributed by atoms with E-state index in [1.54, 1.807) is 0 Å². The Labute approximate surface area is 144 Å². The molecule has 0 aliphatic carbocycles. The van der Waals surface area contributed by atoms with Crippen LogP contribution in [0.1, 0.15) is 16.7 Å². The molecule has 0 saturated carbocycles. The number of aromatic amines is 1. The van der Waals surface area contributed by atoms with Gasteiger partial charge in [0, 0.05) is 30.1 Å². The summed E-state index contributed by atoms with van der Waals surface area (Å²) in [6, 6.07) is 14.7. The molecule has 126 valence electrons. The average Bonchev–Trinajstić information content (AvgIpc) is 3.03. The number of aromatic nitrogens is 1. The number of carboxylic acids is 1. The summed E-state index contributed by atoms with van der Waals surface area (Å²) in [7, 11) is 0. The fourth-order valence-electron chi connectivity index (χ4n) is 3.55. The van der Waals surface area contributed by atoms with Crippen molar-refractivity contribution in [2.24, 2.45) is 0 Å². The quantitative estimate of drug-likeness (QED) is 0.773. The smallest absolute Gasteiger partial charge is 0.326 e. The number of rotatable bonds is 3. The van der Waals surface area contributed by atoms with E-state index in [2.05, 4.69) is 4.98 Å². The van der Waals surface area contributed by atoms with Gasteiger partial charge < -0.3 is 15.0 Å². The van der Waals surface area contributed by atoms with E-state index < -0.39 is 12.0 Å². The number of nitrogens with one attached hydrogen (secondary N) is 1. The summed E-state index contributed by atoms with van der Waals surface area (Å²) in [6.45, 7) is 0.342. The lowest BCUT2D eigenvalue weighted by Gasteiger charge is -2.34. The van der Waals surface area contributed by atoms with E-state index in [1.807, 2.05) is 54.7 Å². The van der Waals surface area contributed by atoms with Crippen molar-refractivity contribution in [2.75, 3.05) is 0 Å². The summed E-state index contributed by atoms with van der Waals surface area (Å²) in [5.41, 5.74) is 3.89. The van der Waals surface area contributed by atoms with E-state index >= 15 is 0 Å². The summed E-state index contributed by atoms with van der Waals surface area (Å²) in [5.74, 6) is -1.12. The Balaban J connectivity index is 1.63. The second-order valence-electron chi connectivity index (χ2n) is 6.38. The van der Waals surface area contributed by atoms with Crippen molar-refractivity contribution >= 4 is 22.8 Å². The van der Waals surface area contributed by atoms with Crippen molar-refractivity contribution in [1.29, 1.82) is 0 Å². The molecule has 0 radical (unpaired) electrons. The third kappa shape index (κ3) is 2.78. The first-order valence-electron chi connectivity index (χ1n) is 8.27. The maximum atomic E-state index is 12.9. The Kier molecular flexibility index (Phi) is 3.76. The van der Waals surface area contributed by atoms with Crippen LogP contribution in [-0.2, 0) is 29.0 Å². The predicted molar refractivity (Wildman–Crippen MR) is 94.1 cm³/mol. The monoisotopic (exact) mass is 334 g/mol. The molecule has 1 aliphatic heterocycles. The Morgan fingerprint density at radius 2 is 1.80 bits per heavy atom. The highest BCUT2D eigenvalue weighted by Crippen LogP contribution is 2.25. The van der Waals surface area contributed by atoms with Gasteiger partial charge in [-0.05, 0) is 22.8 Å². The lowest BCUT2D eigenvalue weighted by atomic mass is 9.93. The Morgan fingerprint density at radius 1 is 1.08 bits per heavy atom. The second kappa shape index (κ2) is 6.09. The van der Waals surface area contributed by atoms with E-state index in [4.69, 9.17) is 0 Å². The topological polar surface area (TPSA) is 73.4 Å². The van der Waals surface area contributed by atoms with Gasteiger partial charge in [-0.1, -0.05) is 42.5 Å². The summed E-state index contributed by atoms with van der Waals surface area (Å²) in [5, 5.41) is 10.6. The van der Waals surface area contributed by atoms with E-state index in [0.717, 1.165) is 27.6 Å². The van der Waals surface area contributed by atoms with Gasteiger partial charge in [0.25, 0.3) is 0 Å². The van der Waals surface area contributed by atoms with E-state index in [1.165, 1.54) is 4.90 Å². The number of H-pyrrole nitrogens is 1. The first-order valence-corrected chi connectivity index (χ1v) is 8.27. The summed E-state index contributed by atoms with van der Waals surface area (Å²) in [6.07, 6.45) is 2.37. The van der Waals surface area contributed by atoms with Crippen LogP contribution in [0.4, 0.5) is 0 Å². The molecule has 4 rings (SSSR count). The van der Waals surface area contributed by atoms with Crippen LogP contribution in [0.25, 0.3) is 10.9 Å². The third-order valence-electron chi connectivity index (χ3n) is 4.87. The number of benzene rings is 2. The van der Waals surface area contributed by atoms with Crippen molar-refractivity contribution in [3.63, 3.8) is 0 Å². The zero-order valence-corrected chi connectivity index (χ0v) is 13.6. The highest BCUT2D eigenvalue weighted by molar-refractivity contribution is 5.91. The molecule has 0 fully saturated rings. The van der Waals surface area contributed by atoms with Gasteiger partial charge in [0.05, 0.1) is 6.42 Å². The molecule has 2 aromatic carbocycles. The number of carbonyl (C=O) groups excluding carboxylic acids is 1. The molecule has 2 heterocycles. The molecule has 0 unspecified atom stereocenters. The molecule has 0 saturated heterocycles. The van der Waals surface area contributed by atoms with Gasteiger partial charge in [-0.3, -0.25) is 4.79 Å². The lowest BCUT2D eigenvalue weighted by Crippen LogP contribution is -2.49. The van der Waals surface area contributed by atoms with Crippen LogP contribution in [-0.4, -0.2) is 32.9 Å². The van der Waals surface area contributed by atoms with Crippen LogP contribution in [0.3, 0.4) is 0 Å². The average molecular weight is 334 g/mol. The molecule has 0 bridgehead atoms. The minimum atomic E-state index is -0.957. The number of nitrogens with zero attached hydrogens (tertiary/aromatic N) is 1. The zero-order valence-electron chi connectivity index (χ0n) is 13.6. The normalized spacial score (nSPS) is 16.6. The standard InChI is InChI=1S/C20H18N2O3/c23-19(10-15-11-21-17-8-4-3-7-16(15)17)22-12-14-6-2-1-5-13(14)9-18(22)20(24)25/h1-8,11,18,21H,9-10,12H2,(H,24,25)/t18-/m1/s1. The molecule has 5 heteroatoms. The van der Waals surface area contributed by atoms with Gasteiger partial charge in [-0.25, -0.2) is 4.79 Å². The predicted octanol–water partition coefficient (Wildman–Crippen LogP) is 2.75. The fraction of sp³-hybridized carbons (Fsp3) is 0.200. The minimum absolute atomic E-state index is 0.161. The van der Waals surface area contributed by atoms with Crippen LogP contribution < -0.4 is 0 Å². The van der Waals surface area contributed by atoms with Gasteiger partial charge >= 0.3 is 5.97 Å². The maximum absolute atomic E-state index is 12.9. The summed E-state index contributed by atoms with van der Waals surface area (Å²) < 4.78 is 0. The molecule has 1 atom stereocenters. The molecule has 1 aliphatic rings. The molecule has 2 N–H and O–H groups in total. The summed E-state index contributed by atoms with van der Waals surface area (Å²) in [4.78, 5) is 29.2. The summed E-state index contributed by atoms with van der Waals surface area (Å²) >= 11 is 0. The first kappa shape index (κ1) is 15.4. The first-order chi connectivity index (χ1) is 12.1. The minimum Gasteiger partial charge on any atom is -0.480 e. The number of hydrogen-bond donors (Lipinski definition) is 2. The van der Waals surface area contributed by atoms with E-state index in [-0.39, 0.29) is 12.3 Å². The van der Waals surface area contributed by atoms with E-state index in [9.17, 15) is 14.7 Å². The number of carboxylic acid groups (broad SMARTS) is 1. The number of carbonyl (C=O) groups is 2. The molecular weight excluding hydrogens is 316 g/mol. The Bertz CT molecular complexity index is 960. The highest BCUT2D eigenvalue weighted by Gasteiger charge is 2.34. The van der Waals surface area contributed by atoms with Crippen LogP contribution in [0, 0.1) is 0 Å². The van der Waals surface area contributed by atoms with Crippen molar-refractivity contribution in [3.8, 4) is 0 Å². The van der Waals surface area contributed by atoms with Crippen LogP contribution in [0.2, 0.25) is 0 Å². The molecule has 1 amide bonds. The van der Waals surface area contributed by atoms with E-state index in [0.29, 0.717) is 13.0 Å². The SMILES string of the molecule is O=C(O)[C@H]1Cc2ccccc2CN1C(=O)Cc1c[nH]c2ccccc12. The zero-order chi connectivity index (χ0) is 17.4. The maximum Gasteiger partial charge on any atom is 0.326 e. The van der Waals surface area contributed by atoms with Gasteiger partial charge in [0.15, 0.2) is 0 Å². The third-order valence-corrected chi connectivity index (χ3v) is 4.87. The number of fused-ring (bicyclic) bond motifs is 2. The Morgan fingerprint density at radius 3 is 2.60 bits per heavy atom. The van der Waals surface area contributed by atoms with Crippen molar-refractivity contribution in [2.45, 2.75) is 25.4 Å². The van der Waals surface area contributed by atoms with Crippen molar-refractivity contribution in [3.05, 3.63) is 71.4 Å². The van der Waals surface area contributed by atoms with Gasteiger partial charge in [0.1, 0.15) is 6.04 Å². The van der Waals surface area contributed by atoms with Crippen LogP contribution in [0.5, 0.6) is 0 Å². The number of para-hydroxylation sites is 1. The van der Waals surface area contributed by atoms with Gasteiger partial charge in [0.2, 0.25) is 5.91 Å². The molecule has 3 aromatic rings. The highest BCUT2D eigenvalue weighted by atomic mass is 16.4. The largest absolute Gasteiger partial charge is 0.480 e. The number of aliphatic carboxylic acids is 1. The van der Waals surface area contributed by atoms with Gasteiger partial charge in [-0.15, -0.1) is 0 Å². The van der Waals surface area contributed by atoms with Gasteiger partial charge in [-0.2, -0.15) is 0 Å². The molecule has 5 nitrogen and oxygen atoms in total.